The van der Waals surface area contributed by atoms with E-state index in [1.165, 1.54) is 42.7 Å². The smallest absolute Gasteiger partial charge is 0.287 e. The van der Waals surface area contributed by atoms with Crippen LogP contribution in [0, 0.1) is 0 Å². The highest BCUT2D eigenvalue weighted by Crippen LogP contribution is 2.08. The third-order valence-electron chi connectivity index (χ3n) is 3.02. The minimum atomic E-state index is -0.641. The molecule has 26 heavy (non-hydrogen) atoms. The van der Waals surface area contributed by atoms with E-state index in [4.69, 9.17) is 16.0 Å². The van der Waals surface area contributed by atoms with E-state index in [1.54, 1.807) is 0 Å². The van der Waals surface area contributed by atoms with Gasteiger partial charge in [-0.05, 0) is 36.4 Å². The zero-order valence-corrected chi connectivity index (χ0v) is 14.1. The fourth-order valence-electron chi connectivity index (χ4n) is 1.74. The summed E-state index contributed by atoms with van der Waals surface area (Å²) in [6, 6.07) is 9.05. The molecule has 10 heteroatoms. The van der Waals surface area contributed by atoms with Crippen LogP contribution in [0.5, 0.6) is 0 Å². The number of amides is 4. The average molecular weight is 379 g/mol. The lowest BCUT2D eigenvalue weighted by molar-refractivity contribution is -0.125. The van der Waals surface area contributed by atoms with Crippen LogP contribution < -0.4 is 21.5 Å². The predicted octanol–water partition coefficient (Wildman–Crippen LogP) is 0.240. The SMILES string of the molecule is O=C(CNC(=O)c1ccco1)NCC(=O)NNC(=O)c1ccc(Cl)cc1. The van der Waals surface area contributed by atoms with Crippen molar-refractivity contribution in [2.75, 3.05) is 13.1 Å². The standard InChI is InChI=1S/C16H15ClN4O5/c17-11-5-3-10(4-6-11)15(24)21-20-14(23)9-18-13(22)8-19-16(25)12-2-1-7-26-12/h1-7H,8-9H2,(H,18,22)(H,19,25)(H,20,23)(H,21,24). The molecule has 0 fully saturated rings. The van der Waals surface area contributed by atoms with Crippen molar-refractivity contribution in [1.29, 1.82) is 0 Å². The summed E-state index contributed by atoms with van der Waals surface area (Å²) >= 11 is 5.72. The topological polar surface area (TPSA) is 130 Å². The first-order chi connectivity index (χ1) is 12.5. The molecule has 0 saturated heterocycles. The summed E-state index contributed by atoms with van der Waals surface area (Å²) in [4.78, 5) is 46.5. The molecule has 0 bridgehead atoms. The van der Waals surface area contributed by atoms with Crippen molar-refractivity contribution < 1.29 is 23.6 Å². The van der Waals surface area contributed by atoms with Crippen molar-refractivity contribution in [3.8, 4) is 0 Å². The van der Waals surface area contributed by atoms with Gasteiger partial charge in [-0.25, -0.2) is 0 Å². The van der Waals surface area contributed by atoms with E-state index in [0.717, 1.165) is 0 Å². The number of hydrazine groups is 1. The lowest BCUT2D eigenvalue weighted by Gasteiger charge is -2.09. The summed E-state index contributed by atoms with van der Waals surface area (Å²) in [5.74, 6) is -2.24. The Kier molecular flexibility index (Phi) is 6.75. The maximum absolute atomic E-state index is 11.8. The Labute approximate surface area is 153 Å². The summed E-state index contributed by atoms with van der Waals surface area (Å²) in [7, 11) is 0. The predicted molar refractivity (Wildman–Crippen MR) is 91.1 cm³/mol. The number of carbonyl (C=O) groups is 4. The number of hydrogen-bond acceptors (Lipinski definition) is 5. The summed E-state index contributed by atoms with van der Waals surface area (Å²) < 4.78 is 4.87. The van der Waals surface area contributed by atoms with Crippen molar-refractivity contribution in [1.82, 2.24) is 21.5 Å². The Morgan fingerprint density at radius 2 is 1.54 bits per heavy atom. The number of rotatable bonds is 6. The fourth-order valence-corrected chi connectivity index (χ4v) is 1.87. The number of benzene rings is 1. The van der Waals surface area contributed by atoms with Crippen LogP contribution in [0.2, 0.25) is 5.02 Å². The van der Waals surface area contributed by atoms with E-state index in [-0.39, 0.29) is 18.8 Å². The van der Waals surface area contributed by atoms with Gasteiger partial charge in [0, 0.05) is 10.6 Å². The van der Waals surface area contributed by atoms with Gasteiger partial charge in [0.05, 0.1) is 19.4 Å². The van der Waals surface area contributed by atoms with Crippen molar-refractivity contribution in [2.24, 2.45) is 0 Å². The van der Waals surface area contributed by atoms with E-state index < -0.39 is 23.6 Å². The Balaban J connectivity index is 1.64. The van der Waals surface area contributed by atoms with Crippen LogP contribution >= 0.6 is 11.6 Å². The Morgan fingerprint density at radius 3 is 2.19 bits per heavy atom. The first kappa shape index (κ1) is 19.0. The summed E-state index contributed by atoms with van der Waals surface area (Å²) in [6.45, 7) is -0.708. The molecular weight excluding hydrogens is 364 g/mol. The Hall–Kier alpha value is -3.33. The Morgan fingerprint density at radius 1 is 0.846 bits per heavy atom. The molecule has 0 aliphatic heterocycles. The number of halogens is 1. The third-order valence-corrected chi connectivity index (χ3v) is 3.27. The van der Waals surface area contributed by atoms with Crippen LogP contribution in [0.3, 0.4) is 0 Å². The summed E-state index contributed by atoms with van der Waals surface area (Å²) in [5.41, 5.74) is 4.65. The highest BCUT2D eigenvalue weighted by molar-refractivity contribution is 6.30. The number of nitrogens with one attached hydrogen (secondary N) is 4. The molecular formula is C16H15ClN4O5. The molecule has 0 saturated carbocycles. The van der Waals surface area contributed by atoms with Crippen molar-refractivity contribution in [3.63, 3.8) is 0 Å². The second-order valence-electron chi connectivity index (χ2n) is 4.95. The molecule has 1 aromatic heterocycles. The number of hydrogen-bond donors (Lipinski definition) is 4. The molecule has 136 valence electrons. The molecule has 0 unspecified atom stereocenters. The molecule has 1 heterocycles. The summed E-state index contributed by atoms with van der Waals surface area (Å²) in [5, 5.41) is 5.10. The molecule has 2 aromatic rings. The highest BCUT2D eigenvalue weighted by atomic mass is 35.5. The second-order valence-corrected chi connectivity index (χ2v) is 5.38. The minimum Gasteiger partial charge on any atom is -0.459 e. The van der Waals surface area contributed by atoms with Gasteiger partial charge in [-0.1, -0.05) is 11.6 Å². The lowest BCUT2D eigenvalue weighted by Crippen LogP contribution is -2.47. The van der Waals surface area contributed by atoms with Gasteiger partial charge in [0.15, 0.2) is 5.76 Å². The molecule has 0 aliphatic rings. The fraction of sp³-hybridized carbons (Fsp3) is 0.125. The lowest BCUT2D eigenvalue weighted by atomic mass is 10.2. The zero-order chi connectivity index (χ0) is 18.9. The van der Waals surface area contributed by atoms with Crippen molar-refractivity contribution >= 4 is 35.2 Å². The van der Waals surface area contributed by atoms with Gasteiger partial charge < -0.3 is 15.1 Å². The molecule has 4 amide bonds. The van der Waals surface area contributed by atoms with Gasteiger partial charge in [0.2, 0.25) is 5.91 Å². The van der Waals surface area contributed by atoms with Crippen molar-refractivity contribution in [2.45, 2.75) is 0 Å². The van der Waals surface area contributed by atoms with Crippen LogP contribution in [0.1, 0.15) is 20.9 Å². The average Bonchev–Trinajstić information content (AvgIpc) is 3.17. The molecule has 0 spiro atoms. The van der Waals surface area contributed by atoms with Crippen LogP contribution in [0.25, 0.3) is 0 Å². The van der Waals surface area contributed by atoms with Crippen LogP contribution in [-0.2, 0) is 9.59 Å². The van der Waals surface area contributed by atoms with Crippen molar-refractivity contribution in [3.05, 3.63) is 59.0 Å². The quantitative estimate of drug-likeness (QED) is 0.535. The van der Waals surface area contributed by atoms with E-state index in [1.807, 2.05) is 0 Å². The summed E-state index contributed by atoms with van der Waals surface area (Å²) in [6.07, 6.45) is 1.33. The first-order valence-electron chi connectivity index (χ1n) is 7.39. The number of carbonyl (C=O) groups excluding carboxylic acids is 4. The van der Waals surface area contributed by atoms with Gasteiger partial charge in [-0.2, -0.15) is 0 Å². The van der Waals surface area contributed by atoms with E-state index in [9.17, 15) is 19.2 Å². The maximum Gasteiger partial charge on any atom is 0.287 e. The minimum absolute atomic E-state index is 0.0699. The van der Waals surface area contributed by atoms with E-state index in [2.05, 4.69) is 21.5 Å². The van der Waals surface area contributed by atoms with E-state index >= 15 is 0 Å². The largest absolute Gasteiger partial charge is 0.459 e. The molecule has 0 aliphatic carbocycles. The van der Waals surface area contributed by atoms with Gasteiger partial charge >= 0.3 is 0 Å². The van der Waals surface area contributed by atoms with Crippen LogP contribution in [-0.4, -0.2) is 36.7 Å². The normalized spacial score (nSPS) is 9.88. The van der Waals surface area contributed by atoms with Gasteiger partial charge in [-0.15, -0.1) is 0 Å². The zero-order valence-electron chi connectivity index (χ0n) is 13.4. The highest BCUT2D eigenvalue weighted by Gasteiger charge is 2.11. The van der Waals surface area contributed by atoms with Gasteiger partial charge in [0.1, 0.15) is 0 Å². The third kappa shape index (κ3) is 5.95. The van der Waals surface area contributed by atoms with Gasteiger partial charge in [-0.3, -0.25) is 30.0 Å². The van der Waals surface area contributed by atoms with Crippen LogP contribution in [0.15, 0.2) is 47.1 Å². The molecule has 4 N–H and O–H groups in total. The number of furan rings is 1. The molecule has 9 nitrogen and oxygen atoms in total. The molecule has 0 radical (unpaired) electrons. The molecule has 2 rings (SSSR count). The van der Waals surface area contributed by atoms with Gasteiger partial charge in [0.25, 0.3) is 17.7 Å². The Bertz CT molecular complexity index is 789. The van der Waals surface area contributed by atoms with E-state index in [0.29, 0.717) is 10.6 Å². The monoisotopic (exact) mass is 378 g/mol. The first-order valence-corrected chi connectivity index (χ1v) is 7.76. The maximum atomic E-state index is 11.8. The molecule has 0 atom stereocenters. The van der Waals surface area contributed by atoms with Crippen LogP contribution in [0.4, 0.5) is 0 Å². The second kappa shape index (κ2) is 9.23. The molecule has 1 aromatic carbocycles.